The molecular weight excluding hydrogens is 217 g/mol. The van der Waals surface area contributed by atoms with E-state index >= 15 is 0 Å². The first kappa shape index (κ1) is 16.4. The summed E-state index contributed by atoms with van der Waals surface area (Å²) in [7, 11) is 2.80. The van der Waals surface area contributed by atoms with E-state index in [4.69, 9.17) is 4.74 Å². The van der Waals surface area contributed by atoms with Crippen LogP contribution in [0.3, 0.4) is 0 Å². The van der Waals surface area contributed by atoms with Crippen LogP contribution in [-0.4, -0.2) is 37.0 Å². The highest BCUT2D eigenvalue weighted by atomic mass is 31.0. The van der Waals surface area contributed by atoms with E-state index in [1.165, 1.54) is 12.8 Å². The molecule has 0 N–H and O–H groups in total. The molecule has 0 aliphatic rings. The van der Waals surface area contributed by atoms with Crippen LogP contribution in [0.1, 0.15) is 47.0 Å². The molecule has 0 rings (SSSR count). The van der Waals surface area contributed by atoms with E-state index < -0.39 is 0 Å². The molecule has 98 valence electrons. The standard InChI is InChI=1S/C13H30NOP/c1-12(2)7-5-9-15-10-6-8-14(11-16)13(3)4/h12-13H,5-11,16H2,1-4H3. The maximum absolute atomic E-state index is 5.63. The minimum atomic E-state index is 0.637. The summed E-state index contributed by atoms with van der Waals surface area (Å²) in [5, 5.41) is 0. The second-order valence-electron chi connectivity index (χ2n) is 5.09. The molecule has 0 bridgehead atoms. The van der Waals surface area contributed by atoms with Crippen molar-refractivity contribution in [1.29, 1.82) is 0 Å². The first-order valence-electron chi connectivity index (χ1n) is 6.59. The lowest BCUT2D eigenvalue weighted by atomic mass is 10.1. The Morgan fingerprint density at radius 2 is 1.69 bits per heavy atom. The Bertz CT molecular complexity index is 151. The normalized spacial score (nSPS) is 12.0. The van der Waals surface area contributed by atoms with Crippen LogP contribution >= 0.6 is 9.24 Å². The quantitative estimate of drug-likeness (QED) is 0.433. The molecule has 0 amide bonds. The maximum atomic E-state index is 5.63. The molecule has 3 heteroatoms. The van der Waals surface area contributed by atoms with E-state index in [2.05, 4.69) is 41.8 Å². The minimum Gasteiger partial charge on any atom is -0.381 e. The number of hydrogen-bond acceptors (Lipinski definition) is 2. The van der Waals surface area contributed by atoms with Crippen molar-refractivity contribution in [3.63, 3.8) is 0 Å². The molecule has 0 aromatic heterocycles. The Balaban J connectivity index is 3.26. The van der Waals surface area contributed by atoms with Gasteiger partial charge in [-0.05, 0) is 39.0 Å². The molecule has 0 aromatic rings. The number of rotatable bonds is 10. The van der Waals surface area contributed by atoms with Crippen molar-refractivity contribution in [2.45, 2.75) is 53.0 Å². The highest BCUT2D eigenvalue weighted by molar-refractivity contribution is 7.16. The van der Waals surface area contributed by atoms with Crippen LogP contribution in [0.25, 0.3) is 0 Å². The molecule has 0 aliphatic heterocycles. The van der Waals surface area contributed by atoms with Gasteiger partial charge in [-0.3, -0.25) is 4.90 Å². The number of hydrogen-bond donors (Lipinski definition) is 0. The van der Waals surface area contributed by atoms with Gasteiger partial charge in [0.2, 0.25) is 0 Å². The summed E-state index contributed by atoms with van der Waals surface area (Å²) >= 11 is 0. The van der Waals surface area contributed by atoms with E-state index in [1.807, 2.05) is 0 Å². The smallest absolute Gasteiger partial charge is 0.0478 e. The minimum absolute atomic E-state index is 0.637. The molecule has 0 saturated heterocycles. The predicted octanol–water partition coefficient (Wildman–Crippen LogP) is 3.37. The average molecular weight is 247 g/mol. The van der Waals surface area contributed by atoms with Crippen molar-refractivity contribution >= 4 is 9.24 Å². The zero-order valence-electron chi connectivity index (χ0n) is 11.5. The second-order valence-corrected chi connectivity index (χ2v) is 5.46. The van der Waals surface area contributed by atoms with Crippen LogP contribution in [0, 0.1) is 5.92 Å². The fourth-order valence-electron chi connectivity index (χ4n) is 1.63. The van der Waals surface area contributed by atoms with Gasteiger partial charge < -0.3 is 4.74 Å². The Morgan fingerprint density at radius 1 is 1.06 bits per heavy atom. The van der Waals surface area contributed by atoms with Gasteiger partial charge in [-0.25, -0.2) is 0 Å². The van der Waals surface area contributed by atoms with Gasteiger partial charge >= 0.3 is 0 Å². The van der Waals surface area contributed by atoms with Crippen LogP contribution in [0.5, 0.6) is 0 Å². The lowest BCUT2D eigenvalue weighted by Gasteiger charge is -2.24. The summed E-state index contributed by atoms with van der Waals surface area (Å²) in [4.78, 5) is 2.45. The molecule has 1 unspecified atom stereocenters. The van der Waals surface area contributed by atoms with Gasteiger partial charge in [-0.1, -0.05) is 13.8 Å². The molecule has 2 nitrogen and oxygen atoms in total. The van der Waals surface area contributed by atoms with E-state index in [0.29, 0.717) is 6.04 Å². The van der Waals surface area contributed by atoms with Crippen LogP contribution in [-0.2, 0) is 4.74 Å². The molecule has 0 heterocycles. The van der Waals surface area contributed by atoms with Crippen molar-refractivity contribution < 1.29 is 4.74 Å². The third kappa shape index (κ3) is 9.57. The fraction of sp³-hybridized carbons (Fsp3) is 1.00. The van der Waals surface area contributed by atoms with Gasteiger partial charge in [0, 0.05) is 32.1 Å². The van der Waals surface area contributed by atoms with Crippen LogP contribution < -0.4 is 0 Å². The van der Waals surface area contributed by atoms with Crippen molar-refractivity contribution in [3.05, 3.63) is 0 Å². The topological polar surface area (TPSA) is 12.5 Å². The fourth-order valence-corrected chi connectivity index (χ4v) is 2.23. The third-order valence-electron chi connectivity index (χ3n) is 2.77. The second kappa shape index (κ2) is 10.5. The first-order valence-corrected chi connectivity index (χ1v) is 7.41. The van der Waals surface area contributed by atoms with Crippen molar-refractivity contribution in [2.24, 2.45) is 5.92 Å². The van der Waals surface area contributed by atoms with E-state index in [-0.39, 0.29) is 0 Å². The van der Waals surface area contributed by atoms with Gasteiger partial charge in [-0.2, -0.15) is 0 Å². The average Bonchev–Trinajstić information content (AvgIpc) is 2.21. The van der Waals surface area contributed by atoms with Crippen LogP contribution in [0.4, 0.5) is 0 Å². The van der Waals surface area contributed by atoms with Crippen molar-refractivity contribution in [2.75, 3.05) is 26.0 Å². The van der Waals surface area contributed by atoms with Gasteiger partial charge in [0.15, 0.2) is 0 Å². The SMILES string of the molecule is CC(C)CCCOCCCN(CP)C(C)C. The highest BCUT2D eigenvalue weighted by Gasteiger charge is 2.05. The summed E-state index contributed by atoms with van der Waals surface area (Å²) in [6.07, 6.45) is 4.69. The summed E-state index contributed by atoms with van der Waals surface area (Å²) in [6.45, 7) is 12.0. The summed E-state index contributed by atoms with van der Waals surface area (Å²) in [6, 6.07) is 0.637. The first-order chi connectivity index (χ1) is 7.57. The van der Waals surface area contributed by atoms with Crippen molar-refractivity contribution in [3.8, 4) is 0 Å². The monoisotopic (exact) mass is 247 g/mol. The number of ether oxygens (including phenoxy) is 1. The largest absolute Gasteiger partial charge is 0.381 e. The van der Waals surface area contributed by atoms with Gasteiger partial charge in [0.25, 0.3) is 0 Å². The Labute approximate surface area is 104 Å². The van der Waals surface area contributed by atoms with Gasteiger partial charge in [-0.15, -0.1) is 9.24 Å². The molecule has 0 aliphatic carbocycles. The van der Waals surface area contributed by atoms with E-state index in [9.17, 15) is 0 Å². The number of nitrogens with zero attached hydrogens (tertiary/aromatic N) is 1. The highest BCUT2D eigenvalue weighted by Crippen LogP contribution is 2.05. The van der Waals surface area contributed by atoms with E-state index in [0.717, 1.165) is 38.4 Å². The molecular formula is C13H30NOP. The lowest BCUT2D eigenvalue weighted by molar-refractivity contribution is 0.114. The Morgan fingerprint density at radius 3 is 2.19 bits per heavy atom. The van der Waals surface area contributed by atoms with E-state index in [1.54, 1.807) is 0 Å². The summed E-state index contributed by atoms with van der Waals surface area (Å²) in [5.41, 5.74) is 0. The Kier molecular flexibility index (Phi) is 10.7. The zero-order valence-corrected chi connectivity index (χ0v) is 12.7. The molecule has 0 fully saturated rings. The van der Waals surface area contributed by atoms with Crippen LogP contribution in [0.2, 0.25) is 0 Å². The lowest BCUT2D eigenvalue weighted by Crippen LogP contribution is -2.31. The van der Waals surface area contributed by atoms with Crippen molar-refractivity contribution in [1.82, 2.24) is 4.90 Å². The summed E-state index contributed by atoms with van der Waals surface area (Å²) in [5.74, 6) is 0.803. The Hall–Kier alpha value is 0.350. The molecule has 0 radical (unpaired) electrons. The van der Waals surface area contributed by atoms with Crippen LogP contribution in [0.15, 0.2) is 0 Å². The molecule has 0 spiro atoms. The summed E-state index contributed by atoms with van der Waals surface area (Å²) < 4.78 is 5.63. The molecule has 16 heavy (non-hydrogen) atoms. The molecule has 0 aromatic carbocycles. The van der Waals surface area contributed by atoms with Gasteiger partial charge in [0.1, 0.15) is 0 Å². The van der Waals surface area contributed by atoms with Gasteiger partial charge in [0.05, 0.1) is 0 Å². The predicted molar refractivity (Wildman–Crippen MR) is 75.9 cm³/mol. The maximum Gasteiger partial charge on any atom is 0.0478 e. The zero-order chi connectivity index (χ0) is 12.4. The molecule has 1 atom stereocenters. The molecule has 0 saturated carbocycles. The third-order valence-corrected chi connectivity index (χ3v) is 3.24.